The summed E-state index contributed by atoms with van der Waals surface area (Å²) in [7, 11) is -0.913. The third-order valence-electron chi connectivity index (χ3n) is 5.80. The first-order chi connectivity index (χ1) is 18.1. The molecule has 0 fully saturated rings. The summed E-state index contributed by atoms with van der Waals surface area (Å²) in [5, 5.41) is 15.6. The smallest absolute Gasteiger partial charge is 0.412 e. The van der Waals surface area contributed by atoms with Gasteiger partial charge in [-0.15, -0.1) is 0 Å². The van der Waals surface area contributed by atoms with Crippen LogP contribution >= 0.6 is 0 Å². The first-order valence-corrected chi connectivity index (χ1v) is 13.6. The fraction of sp³-hybridized carbons (Fsp3) is 0.222. The summed E-state index contributed by atoms with van der Waals surface area (Å²) in [6.07, 6.45) is 0.333. The van der Waals surface area contributed by atoms with E-state index in [1.165, 1.54) is 20.2 Å². The van der Waals surface area contributed by atoms with Crippen molar-refractivity contribution in [2.24, 2.45) is 0 Å². The van der Waals surface area contributed by atoms with Crippen molar-refractivity contribution >= 4 is 44.1 Å². The Balaban J connectivity index is 1.81. The van der Waals surface area contributed by atoms with Crippen LogP contribution in [0.3, 0.4) is 0 Å². The van der Waals surface area contributed by atoms with Gasteiger partial charge in [0.2, 0.25) is 10.0 Å². The van der Waals surface area contributed by atoms with Gasteiger partial charge < -0.3 is 29.6 Å². The van der Waals surface area contributed by atoms with Crippen LogP contribution in [0.1, 0.15) is 5.56 Å². The summed E-state index contributed by atoms with van der Waals surface area (Å²) in [6, 6.07) is 18.4. The predicted octanol–water partition coefficient (Wildman–Crippen LogP) is 4.64. The van der Waals surface area contributed by atoms with E-state index in [-0.39, 0.29) is 35.1 Å². The molecule has 0 saturated carbocycles. The van der Waals surface area contributed by atoms with Crippen LogP contribution in [0.25, 0.3) is 22.3 Å². The van der Waals surface area contributed by atoms with Crippen LogP contribution in [-0.2, 0) is 10.0 Å². The minimum atomic E-state index is -3.74. The zero-order chi connectivity index (χ0) is 27.4. The Hall–Kier alpha value is -4.22. The highest BCUT2D eigenvalue weighted by Gasteiger charge is 2.26. The highest BCUT2D eigenvalue weighted by atomic mass is 32.2. The van der Waals surface area contributed by atoms with Gasteiger partial charge in [0.25, 0.3) is 0 Å². The molecule has 0 aliphatic heterocycles. The Morgan fingerprint density at radius 3 is 2.24 bits per heavy atom. The lowest BCUT2D eigenvalue weighted by molar-refractivity contribution is 0.203. The first-order valence-electron chi connectivity index (χ1n) is 11.7. The van der Waals surface area contributed by atoms with Crippen LogP contribution in [0, 0.1) is 6.92 Å². The predicted molar refractivity (Wildman–Crippen MR) is 147 cm³/mol. The molecule has 10 nitrogen and oxygen atoms in total. The molecule has 11 heteroatoms. The number of carbonyl (C=O) groups excluding carboxylic acids is 1. The van der Waals surface area contributed by atoms with E-state index in [1.807, 2.05) is 55.5 Å². The normalized spacial score (nSPS) is 11.3. The number of sulfonamides is 1. The number of aliphatic hydroxyl groups excluding tert-OH is 1. The molecule has 0 unspecified atom stereocenters. The second-order valence-corrected chi connectivity index (χ2v) is 10.5. The number of nitrogens with zero attached hydrogens (tertiary/aromatic N) is 1. The van der Waals surface area contributed by atoms with Gasteiger partial charge in [0.1, 0.15) is 11.3 Å². The van der Waals surface area contributed by atoms with Gasteiger partial charge in [-0.3, -0.25) is 4.31 Å². The van der Waals surface area contributed by atoms with Crippen molar-refractivity contribution in [1.29, 1.82) is 0 Å². The van der Waals surface area contributed by atoms with Crippen molar-refractivity contribution in [3.8, 4) is 22.8 Å². The van der Waals surface area contributed by atoms with Crippen LogP contribution in [-0.4, -0.2) is 53.2 Å². The zero-order valence-corrected chi connectivity index (χ0v) is 22.3. The number of hydrogen-bond acceptors (Lipinski definition) is 8. The van der Waals surface area contributed by atoms with Crippen LogP contribution in [0.2, 0.25) is 0 Å². The molecule has 0 bridgehead atoms. The Morgan fingerprint density at radius 1 is 1.05 bits per heavy atom. The SMILES string of the molecule is CNC(=O)Oc1c(-c2ccc(Nc3ccc(C)cc3)cc2)oc2cc(N(CCO)S(C)(=O)=O)c(OC)cc12. The number of benzene rings is 3. The van der Waals surface area contributed by atoms with E-state index in [0.717, 1.165) is 27.5 Å². The maximum Gasteiger partial charge on any atom is 0.412 e. The van der Waals surface area contributed by atoms with Gasteiger partial charge in [0.05, 0.1) is 37.6 Å². The van der Waals surface area contributed by atoms with Crippen LogP contribution in [0.15, 0.2) is 65.1 Å². The van der Waals surface area contributed by atoms with E-state index < -0.39 is 22.7 Å². The van der Waals surface area contributed by atoms with Crippen molar-refractivity contribution in [2.75, 3.05) is 43.2 Å². The minimum Gasteiger partial charge on any atom is -0.495 e. The number of amides is 1. The number of nitrogens with one attached hydrogen (secondary N) is 2. The number of aryl methyl sites for hydroxylation is 1. The minimum absolute atomic E-state index is 0.150. The average Bonchev–Trinajstić information content (AvgIpc) is 3.24. The lowest BCUT2D eigenvalue weighted by atomic mass is 10.1. The zero-order valence-electron chi connectivity index (χ0n) is 21.4. The van der Waals surface area contributed by atoms with Gasteiger partial charge >= 0.3 is 6.09 Å². The summed E-state index contributed by atoms with van der Waals surface area (Å²) in [4.78, 5) is 12.2. The fourth-order valence-corrected chi connectivity index (χ4v) is 4.86. The van der Waals surface area contributed by atoms with E-state index in [4.69, 9.17) is 13.9 Å². The van der Waals surface area contributed by atoms with Crippen LogP contribution in [0.4, 0.5) is 21.9 Å². The number of hydrogen-bond donors (Lipinski definition) is 3. The van der Waals surface area contributed by atoms with Crippen molar-refractivity contribution in [3.05, 3.63) is 66.2 Å². The van der Waals surface area contributed by atoms with E-state index in [9.17, 15) is 18.3 Å². The molecule has 0 radical (unpaired) electrons. The molecule has 0 aliphatic rings. The lowest BCUT2D eigenvalue weighted by Gasteiger charge is -2.23. The lowest BCUT2D eigenvalue weighted by Crippen LogP contribution is -2.32. The van der Waals surface area contributed by atoms with Crippen molar-refractivity contribution in [3.63, 3.8) is 0 Å². The molecule has 4 rings (SSSR count). The molecule has 38 heavy (non-hydrogen) atoms. The van der Waals surface area contributed by atoms with Crippen LogP contribution < -0.4 is 24.4 Å². The summed E-state index contributed by atoms with van der Waals surface area (Å²) >= 11 is 0. The van der Waals surface area contributed by atoms with E-state index in [2.05, 4.69) is 10.6 Å². The van der Waals surface area contributed by atoms with E-state index in [0.29, 0.717) is 10.9 Å². The number of methoxy groups -OCH3 is 1. The Morgan fingerprint density at radius 2 is 1.68 bits per heavy atom. The highest BCUT2D eigenvalue weighted by Crippen LogP contribution is 2.45. The highest BCUT2D eigenvalue weighted by molar-refractivity contribution is 7.92. The van der Waals surface area contributed by atoms with Crippen molar-refractivity contribution in [2.45, 2.75) is 6.92 Å². The molecule has 4 aromatic rings. The fourth-order valence-electron chi connectivity index (χ4n) is 3.95. The van der Waals surface area contributed by atoms with E-state index in [1.54, 1.807) is 6.07 Å². The van der Waals surface area contributed by atoms with Crippen molar-refractivity contribution < 1.29 is 32.2 Å². The van der Waals surface area contributed by atoms with Gasteiger partial charge in [-0.1, -0.05) is 17.7 Å². The van der Waals surface area contributed by atoms with Gasteiger partial charge in [-0.2, -0.15) is 0 Å². The third-order valence-corrected chi connectivity index (χ3v) is 6.98. The summed E-state index contributed by atoms with van der Waals surface area (Å²) in [5.74, 6) is 0.623. The number of rotatable bonds is 9. The molecule has 1 amide bonds. The molecular weight excluding hydrogens is 510 g/mol. The van der Waals surface area contributed by atoms with Gasteiger partial charge in [-0.25, -0.2) is 13.2 Å². The molecule has 1 heterocycles. The molecule has 0 saturated heterocycles. The molecule has 0 atom stereocenters. The summed E-state index contributed by atoms with van der Waals surface area (Å²) < 4.78 is 43.0. The number of ether oxygens (including phenoxy) is 2. The Labute approximate surface area is 220 Å². The van der Waals surface area contributed by atoms with Crippen molar-refractivity contribution in [1.82, 2.24) is 5.32 Å². The Kier molecular flexibility index (Phi) is 7.79. The third kappa shape index (κ3) is 5.68. The molecule has 3 N–H and O–H groups in total. The number of aliphatic hydroxyl groups is 1. The maximum absolute atomic E-state index is 12.4. The quantitative estimate of drug-likeness (QED) is 0.281. The second kappa shape index (κ2) is 11.0. The molecule has 200 valence electrons. The van der Waals surface area contributed by atoms with Gasteiger partial charge in [0.15, 0.2) is 11.5 Å². The monoisotopic (exact) mass is 539 g/mol. The average molecular weight is 540 g/mol. The molecule has 1 aromatic heterocycles. The topological polar surface area (TPSA) is 130 Å². The maximum atomic E-state index is 12.4. The number of carbonyl (C=O) groups is 1. The van der Waals surface area contributed by atoms with E-state index >= 15 is 0 Å². The summed E-state index contributed by atoms with van der Waals surface area (Å²) in [5.41, 5.74) is 4.03. The number of furan rings is 1. The van der Waals surface area contributed by atoms with Crippen LogP contribution in [0.5, 0.6) is 11.5 Å². The largest absolute Gasteiger partial charge is 0.495 e. The standard InChI is InChI=1S/C27H29N3O7S/c1-17-5-9-19(10-6-17)29-20-11-7-18(8-12-20)25-26(37-27(32)28-2)21-15-24(35-3)22(16-23(21)36-25)30(13-14-31)38(4,33)34/h5-12,15-16,29,31H,13-14H2,1-4H3,(H,28,32). The second-order valence-electron chi connectivity index (χ2n) is 8.55. The number of fused-ring (bicyclic) bond motifs is 1. The molecule has 0 spiro atoms. The number of anilines is 3. The first kappa shape index (κ1) is 26.8. The molecule has 0 aliphatic carbocycles. The molecule has 3 aromatic carbocycles. The molecular formula is C27H29N3O7S. The van der Waals surface area contributed by atoms with Gasteiger partial charge in [0, 0.05) is 30.1 Å². The van der Waals surface area contributed by atoms with Gasteiger partial charge in [-0.05, 0) is 49.4 Å². The Bertz CT molecular complexity index is 1550. The summed E-state index contributed by atoms with van der Waals surface area (Å²) in [6.45, 7) is 1.45.